The molecule has 33 heavy (non-hydrogen) atoms. The van der Waals surface area contributed by atoms with E-state index in [2.05, 4.69) is 5.32 Å². The average molecular weight is 463 g/mol. The molecular formula is C27H30N2O3S. The molecule has 0 aliphatic carbocycles. The van der Waals surface area contributed by atoms with E-state index in [0.717, 1.165) is 38.9 Å². The van der Waals surface area contributed by atoms with E-state index >= 15 is 0 Å². The Hall–Kier alpha value is -2.96. The maximum atomic E-state index is 14.1. The second-order valence-corrected chi connectivity index (χ2v) is 10.7. The quantitative estimate of drug-likeness (QED) is 0.613. The third-order valence-corrected chi connectivity index (χ3v) is 8.81. The van der Waals surface area contributed by atoms with Crippen LogP contribution in [-0.4, -0.2) is 24.7 Å². The second-order valence-electron chi connectivity index (χ2n) is 8.83. The number of nitrogens with one attached hydrogen (secondary N) is 1. The summed E-state index contributed by atoms with van der Waals surface area (Å²) in [5, 5.41) is 2.96. The molecule has 0 saturated heterocycles. The molecule has 3 aromatic carbocycles. The van der Waals surface area contributed by atoms with Crippen LogP contribution in [0.2, 0.25) is 0 Å². The fraction of sp³-hybridized carbons (Fsp3) is 0.296. The molecule has 0 bridgehead atoms. The van der Waals surface area contributed by atoms with E-state index in [4.69, 9.17) is 0 Å². The first kappa shape index (κ1) is 23.2. The van der Waals surface area contributed by atoms with E-state index in [1.165, 1.54) is 4.31 Å². The number of amides is 1. The van der Waals surface area contributed by atoms with Crippen LogP contribution in [-0.2, 0) is 34.3 Å². The predicted octanol–water partition coefficient (Wildman–Crippen LogP) is 4.35. The van der Waals surface area contributed by atoms with E-state index in [-0.39, 0.29) is 12.5 Å². The lowest BCUT2D eigenvalue weighted by Crippen LogP contribution is -2.52. The lowest BCUT2D eigenvalue weighted by molar-refractivity contribution is -0.125. The minimum atomic E-state index is -3.92. The number of nitrogens with zero attached hydrogens (tertiary/aromatic N) is 1. The monoisotopic (exact) mass is 462 g/mol. The molecule has 0 saturated carbocycles. The summed E-state index contributed by atoms with van der Waals surface area (Å²) in [5.74, 6) is -0.281. The maximum absolute atomic E-state index is 14.1. The Morgan fingerprint density at radius 3 is 2.12 bits per heavy atom. The number of carbonyl (C=O) groups excluding carboxylic acids is 1. The Labute approximate surface area is 196 Å². The molecule has 5 nitrogen and oxygen atoms in total. The second kappa shape index (κ2) is 9.12. The van der Waals surface area contributed by atoms with Crippen LogP contribution in [0.4, 0.5) is 0 Å². The van der Waals surface area contributed by atoms with Crippen molar-refractivity contribution < 1.29 is 13.2 Å². The van der Waals surface area contributed by atoms with Crippen molar-refractivity contribution in [2.45, 2.75) is 58.1 Å². The first-order chi connectivity index (χ1) is 15.7. The Bertz CT molecular complexity index is 1270. The summed E-state index contributed by atoms with van der Waals surface area (Å²) >= 11 is 0. The number of benzene rings is 3. The van der Waals surface area contributed by atoms with Gasteiger partial charge in [0.1, 0.15) is 6.04 Å². The molecule has 3 aromatic rings. The molecule has 1 N–H and O–H groups in total. The Balaban J connectivity index is 1.74. The van der Waals surface area contributed by atoms with Gasteiger partial charge in [-0.2, -0.15) is 4.31 Å². The van der Waals surface area contributed by atoms with Gasteiger partial charge in [0.2, 0.25) is 15.9 Å². The van der Waals surface area contributed by atoms with Gasteiger partial charge < -0.3 is 5.32 Å². The van der Waals surface area contributed by atoms with Crippen molar-refractivity contribution in [1.29, 1.82) is 0 Å². The van der Waals surface area contributed by atoms with Crippen LogP contribution in [0.3, 0.4) is 0 Å². The zero-order valence-electron chi connectivity index (χ0n) is 19.6. The van der Waals surface area contributed by atoms with Gasteiger partial charge in [0.15, 0.2) is 0 Å². The van der Waals surface area contributed by atoms with E-state index in [9.17, 15) is 13.2 Å². The standard InChI is InChI=1S/C27H30N2O3S/c1-18-14-19(2)21(4)26(20(18)3)33(31,32)29-17-24-13-9-8-12-23(24)15-25(29)27(30)28-16-22-10-6-5-7-11-22/h5-14,25H,15-17H2,1-4H3,(H,28,30)/t25-/m1/s1. The van der Waals surface area contributed by atoms with Crippen molar-refractivity contribution in [3.63, 3.8) is 0 Å². The SMILES string of the molecule is Cc1cc(C)c(C)c(S(=O)(=O)N2Cc3ccccc3C[C@@H]2C(=O)NCc2ccccc2)c1C. The van der Waals surface area contributed by atoms with Gasteiger partial charge in [-0.3, -0.25) is 4.79 Å². The fourth-order valence-electron chi connectivity index (χ4n) is 4.56. The zero-order chi connectivity index (χ0) is 23.8. The van der Waals surface area contributed by atoms with Crippen molar-refractivity contribution in [1.82, 2.24) is 9.62 Å². The number of sulfonamides is 1. The molecule has 1 amide bonds. The predicted molar refractivity (Wildman–Crippen MR) is 130 cm³/mol. The van der Waals surface area contributed by atoms with Crippen molar-refractivity contribution in [3.8, 4) is 0 Å². The normalized spacial score (nSPS) is 16.3. The number of rotatable bonds is 5. The van der Waals surface area contributed by atoms with Crippen LogP contribution < -0.4 is 5.32 Å². The highest BCUT2D eigenvalue weighted by atomic mass is 32.2. The van der Waals surface area contributed by atoms with Gasteiger partial charge in [0.05, 0.1) is 4.90 Å². The van der Waals surface area contributed by atoms with Crippen molar-refractivity contribution in [3.05, 3.63) is 99.6 Å². The Morgan fingerprint density at radius 1 is 0.909 bits per heavy atom. The minimum absolute atomic E-state index is 0.174. The molecule has 0 aromatic heterocycles. The number of hydrogen-bond acceptors (Lipinski definition) is 3. The zero-order valence-corrected chi connectivity index (χ0v) is 20.4. The number of fused-ring (bicyclic) bond motifs is 1. The molecule has 1 atom stereocenters. The Kier molecular flexibility index (Phi) is 6.41. The first-order valence-corrected chi connectivity index (χ1v) is 12.6. The van der Waals surface area contributed by atoms with Gasteiger partial charge in [-0.05, 0) is 73.1 Å². The molecule has 1 aliphatic rings. The lowest BCUT2D eigenvalue weighted by Gasteiger charge is -2.36. The van der Waals surface area contributed by atoms with Crippen LogP contribution in [0.5, 0.6) is 0 Å². The van der Waals surface area contributed by atoms with Gasteiger partial charge in [0.25, 0.3) is 0 Å². The molecule has 1 heterocycles. The van der Waals surface area contributed by atoms with Crippen molar-refractivity contribution >= 4 is 15.9 Å². The van der Waals surface area contributed by atoms with Crippen LogP contribution in [0.15, 0.2) is 65.6 Å². The number of hydrogen-bond donors (Lipinski definition) is 1. The van der Waals surface area contributed by atoms with Crippen LogP contribution in [0.1, 0.15) is 38.9 Å². The molecule has 0 unspecified atom stereocenters. The average Bonchev–Trinajstić information content (AvgIpc) is 2.81. The van der Waals surface area contributed by atoms with Gasteiger partial charge in [-0.1, -0.05) is 60.7 Å². The topological polar surface area (TPSA) is 66.5 Å². The summed E-state index contributed by atoms with van der Waals surface area (Å²) < 4.78 is 29.5. The molecule has 0 fully saturated rings. The summed E-state index contributed by atoms with van der Waals surface area (Å²) in [7, 11) is -3.92. The molecule has 0 spiro atoms. The first-order valence-electron chi connectivity index (χ1n) is 11.2. The van der Waals surface area contributed by atoms with E-state index in [0.29, 0.717) is 17.9 Å². The largest absolute Gasteiger partial charge is 0.351 e. The van der Waals surface area contributed by atoms with Gasteiger partial charge in [0, 0.05) is 13.1 Å². The van der Waals surface area contributed by atoms with E-state index in [1.54, 1.807) is 0 Å². The molecule has 0 radical (unpaired) electrons. The van der Waals surface area contributed by atoms with Gasteiger partial charge in [-0.25, -0.2) is 8.42 Å². The van der Waals surface area contributed by atoms with Crippen LogP contribution >= 0.6 is 0 Å². The highest BCUT2D eigenvalue weighted by Gasteiger charge is 2.41. The van der Waals surface area contributed by atoms with Crippen molar-refractivity contribution in [2.75, 3.05) is 0 Å². The smallest absolute Gasteiger partial charge is 0.244 e. The van der Waals surface area contributed by atoms with Gasteiger partial charge in [-0.15, -0.1) is 0 Å². The maximum Gasteiger partial charge on any atom is 0.244 e. The molecular weight excluding hydrogens is 432 g/mol. The van der Waals surface area contributed by atoms with Crippen LogP contribution in [0.25, 0.3) is 0 Å². The molecule has 6 heteroatoms. The number of carbonyl (C=O) groups is 1. The molecule has 172 valence electrons. The summed E-state index contributed by atoms with van der Waals surface area (Å²) in [6.45, 7) is 8.07. The third-order valence-electron chi connectivity index (χ3n) is 6.68. The summed E-state index contributed by atoms with van der Waals surface area (Å²) in [4.78, 5) is 13.7. The van der Waals surface area contributed by atoms with E-state index < -0.39 is 16.1 Å². The van der Waals surface area contributed by atoms with Gasteiger partial charge >= 0.3 is 0 Å². The molecule has 4 rings (SSSR count). The minimum Gasteiger partial charge on any atom is -0.351 e. The lowest BCUT2D eigenvalue weighted by atomic mass is 9.95. The summed E-state index contributed by atoms with van der Waals surface area (Å²) in [5.41, 5.74) is 6.25. The number of aryl methyl sites for hydroxylation is 2. The Morgan fingerprint density at radius 2 is 1.48 bits per heavy atom. The van der Waals surface area contributed by atoms with Crippen LogP contribution in [0, 0.1) is 27.7 Å². The fourth-order valence-corrected chi connectivity index (χ4v) is 6.71. The summed E-state index contributed by atoms with van der Waals surface area (Å²) in [6.07, 6.45) is 0.346. The third kappa shape index (κ3) is 4.45. The highest BCUT2D eigenvalue weighted by Crippen LogP contribution is 2.34. The molecule has 1 aliphatic heterocycles. The highest BCUT2D eigenvalue weighted by molar-refractivity contribution is 7.89. The van der Waals surface area contributed by atoms with Crippen molar-refractivity contribution in [2.24, 2.45) is 0 Å². The summed E-state index contributed by atoms with van der Waals surface area (Å²) in [6, 6.07) is 18.6. The van der Waals surface area contributed by atoms with E-state index in [1.807, 2.05) is 88.4 Å².